The van der Waals surface area contributed by atoms with Crippen LogP contribution in [0.4, 0.5) is 13.2 Å². The first-order chi connectivity index (χ1) is 9.40. The Hall–Kier alpha value is -1.40. The Labute approximate surface area is 119 Å². The van der Waals surface area contributed by atoms with Crippen molar-refractivity contribution in [1.82, 2.24) is 10.3 Å². The van der Waals surface area contributed by atoms with Gasteiger partial charge in [-0.3, -0.25) is 0 Å². The molecule has 1 aromatic carbocycles. The number of aromatic nitrogens is 1. The Morgan fingerprint density at radius 1 is 1.35 bits per heavy atom. The molecule has 0 radical (unpaired) electrons. The maximum Gasteiger partial charge on any atom is 0.416 e. The number of hydrogen-bond acceptors (Lipinski definition) is 3. The Morgan fingerprint density at radius 2 is 2.10 bits per heavy atom. The molecule has 2 rings (SSSR count). The minimum atomic E-state index is -4.30. The van der Waals surface area contributed by atoms with Crippen LogP contribution in [0.3, 0.4) is 0 Å². The zero-order valence-corrected chi connectivity index (χ0v) is 12.0. The summed E-state index contributed by atoms with van der Waals surface area (Å²) in [5, 5.41) is 3.93. The summed E-state index contributed by atoms with van der Waals surface area (Å²) in [6.45, 7) is 2.02. The number of thiazole rings is 1. The van der Waals surface area contributed by atoms with E-state index >= 15 is 0 Å². The first kappa shape index (κ1) is 15.0. The molecule has 2 aromatic rings. The van der Waals surface area contributed by atoms with E-state index in [0.29, 0.717) is 12.0 Å². The van der Waals surface area contributed by atoms with Crippen molar-refractivity contribution in [2.45, 2.75) is 25.6 Å². The Morgan fingerprint density at radius 3 is 2.75 bits per heavy atom. The van der Waals surface area contributed by atoms with Gasteiger partial charge in [-0.05, 0) is 25.6 Å². The molecule has 0 amide bonds. The lowest BCUT2D eigenvalue weighted by Crippen LogP contribution is -2.10. The average molecular weight is 300 g/mol. The largest absolute Gasteiger partial charge is 0.416 e. The lowest BCUT2D eigenvalue weighted by atomic mass is 10.1. The van der Waals surface area contributed by atoms with Gasteiger partial charge in [-0.1, -0.05) is 18.2 Å². The van der Waals surface area contributed by atoms with Gasteiger partial charge in [0.05, 0.1) is 10.6 Å². The lowest BCUT2D eigenvalue weighted by Gasteiger charge is -2.08. The molecule has 2 nitrogen and oxygen atoms in total. The second-order valence-corrected chi connectivity index (χ2v) is 5.69. The molecule has 1 unspecified atom stereocenters. The SMILES string of the molecule is CNC(C)c1cnc(Cc2cccc(C(F)(F)F)c2)s1. The number of benzene rings is 1. The van der Waals surface area contributed by atoms with E-state index in [0.717, 1.165) is 16.0 Å². The van der Waals surface area contributed by atoms with Crippen molar-refractivity contribution in [2.24, 2.45) is 0 Å². The van der Waals surface area contributed by atoms with Gasteiger partial charge in [-0.25, -0.2) is 4.98 Å². The van der Waals surface area contributed by atoms with Gasteiger partial charge in [0.25, 0.3) is 0 Å². The highest BCUT2D eigenvalue weighted by atomic mass is 32.1. The third-order valence-corrected chi connectivity index (χ3v) is 4.22. The number of nitrogens with zero attached hydrogens (tertiary/aromatic N) is 1. The van der Waals surface area contributed by atoms with Crippen LogP contribution in [-0.2, 0) is 12.6 Å². The molecule has 1 N–H and O–H groups in total. The fourth-order valence-electron chi connectivity index (χ4n) is 1.78. The second kappa shape index (κ2) is 5.93. The average Bonchev–Trinajstić information content (AvgIpc) is 2.85. The third-order valence-electron chi connectivity index (χ3n) is 3.04. The standard InChI is InChI=1S/C14H15F3N2S/c1-9(18-2)12-8-19-13(20-12)7-10-4-3-5-11(6-10)14(15,16)17/h3-6,8-9,18H,7H2,1-2H3. The van der Waals surface area contributed by atoms with Crippen molar-refractivity contribution >= 4 is 11.3 Å². The van der Waals surface area contributed by atoms with Crippen LogP contribution in [0.15, 0.2) is 30.5 Å². The fraction of sp³-hybridized carbons (Fsp3) is 0.357. The minimum Gasteiger partial charge on any atom is -0.312 e. The number of hydrogen-bond donors (Lipinski definition) is 1. The van der Waals surface area contributed by atoms with E-state index in [1.807, 2.05) is 14.0 Å². The topological polar surface area (TPSA) is 24.9 Å². The van der Waals surface area contributed by atoms with Gasteiger partial charge in [-0.2, -0.15) is 13.2 Å². The van der Waals surface area contributed by atoms with E-state index in [9.17, 15) is 13.2 Å². The second-order valence-electron chi connectivity index (χ2n) is 4.54. The van der Waals surface area contributed by atoms with E-state index in [1.165, 1.54) is 23.5 Å². The molecule has 0 bridgehead atoms. The first-order valence-electron chi connectivity index (χ1n) is 6.18. The van der Waals surface area contributed by atoms with Crippen molar-refractivity contribution in [1.29, 1.82) is 0 Å². The zero-order chi connectivity index (χ0) is 14.8. The monoisotopic (exact) mass is 300 g/mol. The molecule has 0 aliphatic rings. The summed E-state index contributed by atoms with van der Waals surface area (Å²) in [6.07, 6.45) is -2.11. The molecule has 1 heterocycles. The van der Waals surface area contributed by atoms with E-state index < -0.39 is 11.7 Å². The van der Waals surface area contributed by atoms with Crippen LogP contribution in [0.2, 0.25) is 0 Å². The summed E-state index contributed by atoms with van der Waals surface area (Å²) in [7, 11) is 1.86. The quantitative estimate of drug-likeness (QED) is 0.922. The van der Waals surface area contributed by atoms with Gasteiger partial charge in [-0.15, -0.1) is 11.3 Å². The Balaban J connectivity index is 2.16. The van der Waals surface area contributed by atoms with Crippen molar-refractivity contribution < 1.29 is 13.2 Å². The molecule has 1 aromatic heterocycles. The van der Waals surface area contributed by atoms with E-state index in [2.05, 4.69) is 10.3 Å². The van der Waals surface area contributed by atoms with Gasteiger partial charge >= 0.3 is 6.18 Å². The first-order valence-corrected chi connectivity index (χ1v) is 7.00. The minimum absolute atomic E-state index is 0.197. The van der Waals surface area contributed by atoms with Crippen LogP contribution in [0.1, 0.15) is 34.0 Å². The maximum atomic E-state index is 12.6. The summed E-state index contributed by atoms with van der Waals surface area (Å²) in [4.78, 5) is 5.35. The molecule has 0 fully saturated rings. The van der Waals surface area contributed by atoms with Gasteiger partial charge < -0.3 is 5.32 Å². The van der Waals surface area contributed by atoms with Crippen LogP contribution in [0.5, 0.6) is 0 Å². The van der Waals surface area contributed by atoms with E-state index in [-0.39, 0.29) is 6.04 Å². The Kier molecular flexibility index (Phi) is 4.45. The van der Waals surface area contributed by atoms with Crippen molar-refractivity contribution in [3.63, 3.8) is 0 Å². The normalized spacial score (nSPS) is 13.4. The summed E-state index contributed by atoms with van der Waals surface area (Å²) in [5.74, 6) is 0. The zero-order valence-electron chi connectivity index (χ0n) is 11.2. The number of halogens is 3. The van der Waals surface area contributed by atoms with Crippen LogP contribution in [-0.4, -0.2) is 12.0 Å². The van der Waals surface area contributed by atoms with E-state index in [4.69, 9.17) is 0 Å². The molecule has 20 heavy (non-hydrogen) atoms. The molecular formula is C14H15F3N2S. The fourth-order valence-corrected chi connectivity index (χ4v) is 2.80. The van der Waals surface area contributed by atoms with Crippen LogP contribution >= 0.6 is 11.3 Å². The summed E-state index contributed by atoms with van der Waals surface area (Å²) >= 11 is 1.52. The summed E-state index contributed by atoms with van der Waals surface area (Å²) in [5.41, 5.74) is 0.00760. The van der Waals surface area contributed by atoms with E-state index in [1.54, 1.807) is 12.3 Å². The van der Waals surface area contributed by atoms with Gasteiger partial charge in [0.1, 0.15) is 0 Å². The molecule has 0 saturated heterocycles. The molecular weight excluding hydrogens is 285 g/mol. The molecule has 0 spiro atoms. The molecule has 0 saturated carbocycles. The number of rotatable bonds is 4. The maximum absolute atomic E-state index is 12.6. The van der Waals surface area contributed by atoms with Gasteiger partial charge in [0.2, 0.25) is 0 Å². The van der Waals surface area contributed by atoms with Crippen LogP contribution in [0.25, 0.3) is 0 Å². The third kappa shape index (κ3) is 3.58. The van der Waals surface area contributed by atoms with Crippen LogP contribution in [0, 0.1) is 0 Å². The predicted molar refractivity (Wildman–Crippen MR) is 73.8 cm³/mol. The molecule has 0 aliphatic heterocycles. The predicted octanol–water partition coefficient (Wildman–Crippen LogP) is 4.03. The smallest absolute Gasteiger partial charge is 0.312 e. The molecule has 6 heteroatoms. The highest BCUT2D eigenvalue weighted by Crippen LogP contribution is 2.30. The number of alkyl halides is 3. The lowest BCUT2D eigenvalue weighted by molar-refractivity contribution is -0.137. The van der Waals surface area contributed by atoms with Gasteiger partial charge in [0, 0.05) is 23.5 Å². The van der Waals surface area contributed by atoms with Crippen LogP contribution < -0.4 is 5.32 Å². The molecule has 0 aliphatic carbocycles. The molecule has 108 valence electrons. The van der Waals surface area contributed by atoms with Crippen molar-refractivity contribution in [3.8, 4) is 0 Å². The van der Waals surface area contributed by atoms with Gasteiger partial charge in [0.15, 0.2) is 0 Å². The number of nitrogens with one attached hydrogen (secondary N) is 1. The highest BCUT2D eigenvalue weighted by molar-refractivity contribution is 7.11. The molecule has 1 atom stereocenters. The highest BCUT2D eigenvalue weighted by Gasteiger charge is 2.30. The Bertz CT molecular complexity index is 578. The summed E-state index contributed by atoms with van der Waals surface area (Å²) in [6, 6.07) is 5.59. The van der Waals surface area contributed by atoms with Crippen molar-refractivity contribution in [2.75, 3.05) is 7.05 Å². The van der Waals surface area contributed by atoms with Crippen molar-refractivity contribution in [3.05, 3.63) is 51.5 Å². The summed E-state index contributed by atoms with van der Waals surface area (Å²) < 4.78 is 37.9.